The maximum Gasteiger partial charge on any atom is 0.324 e. The van der Waals surface area contributed by atoms with Gasteiger partial charge in [-0.3, -0.25) is 9.69 Å². The van der Waals surface area contributed by atoms with Gasteiger partial charge in [0.1, 0.15) is 0 Å². The van der Waals surface area contributed by atoms with E-state index in [1.165, 1.54) is 0 Å². The fourth-order valence-corrected chi connectivity index (χ4v) is 2.87. The van der Waals surface area contributed by atoms with Crippen LogP contribution in [0, 0.1) is 0 Å². The molecule has 1 saturated heterocycles. The molecule has 0 aromatic heterocycles. The van der Waals surface area contributed by atoms with Gasteiger partial charge in [0.25, 0.3) is 0 Å². The lowest BCUT2D eigenvalue weighted by molar-refractivity contribution is 0.0548. The summed E-state index contributed by atoms with van der Waals surface area (Å²) in [6.07, 6.45) is 0. The van der Waals surface area contributed by atoms with E-state index in [4.69, 9.17) is 4.74 Å². The van der Waals surface area contributed by atoms with Crippen LogP contribution >= 0.6 is 0 Å². The van der Waals surface area contributed by atoms with Gasteiger partial charge in [0.15, 0.2) is 5.78 Å². The van der Waals surface area contributed by atoms with Gasteiger partial charge in [0, 0.05) is 24.3 Å². The van der Waals surface area contributed by atoms with Crippen LogP contribution in [0.4, 0.5) is 10.5 Å². The summed E-state index contributed by atoms with van der Waals surface area (Å²) in [5, 5.41) is 0. The van der Waals surface area contributed by atoms with E-state index in [2.05, 4.69) is 0 Å². The minimum Gasteiger partial charge on any atom is -0.378 e. The molecule has 0 N–H and O–H groups in total. The molecule has 0 unspecified atom stereocenters. The van der Waals surface area contributed by atoms with Gasteiger partial charge in [0.05, 0.1) is 19.8 Å². The minimum atomic E-state index is -0.0391. The van der Waals surface area contributed by atoms with E-state index < -0.39 is 0 Å². The molecule has 0 atom stereocenters. The normalized spacial score (nSPS) is 14.2. The van der Waals surface area contributed by atoms with Gasteiger partial charge in [-0.15, -0.1) is 0 Å². The molecule has 3 rings (SSSR count). The SMILES string of the molecule is CC(=O)c1cccc(CN(C(=O)N2CCOCC2)c2ccccc2)c1. The zero-order valence-electron chi connectivity index (χ0n) is 14.4. The lowest BCUT2D eigenvalue weighted by Crippen LogP contribution is -2.48. The van der Waals surface area contributed by atoms with E-state index in [1.807, 2.05) is 53.4 Å². The van der Waals surface area contributed by atoms with Crippen LogP contribution in [-0.4, -0.2) is 43.0 Å². The first-order valence-corrected chi connectivity index (χ1v) is 8.44. The predicted octanol–water partition coefficient (Wildman–Crippen LogP) is 3.35. The van der Waals surface area contributed by atoms with Crippen LogP contribution in [0.15, 0.2) is 54.6 Å². The average Bonchev–Trinajstić information content (AvgIpc) is 2.67. The van der Waals surface area contributed by atoms with E-state index in [9.17, 15) is 9.59 Å². The van der Waals surface area contributed by atoms with Gasteiger partial charge in [-0.05, 0) is 30.7 Å². The van der Waals surface area contributed by atoms with Crippen molar-refractivity contribution in [1.82, 2.24) is 4.90 Å². The number of carbonyl (C=O) groups excluding carboxylic acids is 2. The molecule has 25 heavy (non-hydrogen) atoms. The zero-order valence-corrected chi connectivity index (χ0v) is 14.4. The molecule has 2 amide bonds. The number of hydrogen-bond donors (Lipinski definition) is 0. The van der Waals surface area contributed by atoms with Crippen molar-refractivity contribution in [2.45, 2.75) is 13.5 Å². The third-order valence-corrected chi connectivity index (χ3v) is 4.25. The van der Waals surface area contributed by atoms with Gasteiger partial charge >= 0.3 is 6.03 Å². The van der Waals surface area contributed by atoms with E-state index in [-0.39, 0.29) is 11.8 Å². The third kappa shape index (κ3) is 4.25. The number of ketones is 1. The number of para-hydroxylation sites is 1. The maximum atomic E-state index is 13.1. The van der Waals surface area contributed by atoms with Crippen molar-refractivity contribution >= 4 is 17.5 Å². The van der Waals surface area contributed by atoms with E-state index in [0.29, 0.717) is 38.4 Å². The topological polar surface area (TPSA) is 49.9 Å². The third-order valence-electron chi connectivity index (χ3n) is 4.25. The van der Waals surface area contributed by atoms with E-state index in [0.717, 1.165) is 11.3 Å². The summed E-state index contributed by atoms with van der Waals surface area (Å²) < 4.78 is 5.35. The van der Waals surface area contributed by atoms with Crippen molar-refractivity contribution in [2.75, 3.05) is 31.2 Å². The molecule has 130 valence electrons. The summed E-state index contributed by atoms with van der Waals surface area (Å²) in [5.74, 6) is 0.0209. The average molecular weight is 338 g/mol. The number of anilines is 1. The number of urea groups is 1. The van der Waals surface area contributed by atoms with Crippen LogP contribution in [0.25, 0.3) is 0 Å². The predicted molar refractivity (Wildman–Crippen MR) is 96.9 cm³/mol. The van der Waals surface area contributed by atoms with E-state index >= 15 is 0 Å². The highest BCUT2D eigenvalue weighted by Crippen LogP contribution is 2.20. The summed E-state index contributed by atoms with van der Waals surface area (Å²) in [5.41, 5.74) is 2.43. The Morgan fingerprint density at radius 1 is 1.04 bits per heavy atom. The van der Waals surface area contributed by atoms with Crippen LogP contribution in [0.1, 0.15) is 22.8 Å². The van der Waals surface area contributed by atoms with Gasteiger partial charge < -0.3 is 9.64 Å². The summed E-state index contributed by atoms with van der Waals surface area (Å²) in [6.45, 7) is 4.28. The van der Waals surface area contributed by atoms with Crippen LogP contribution < -0.4 is 4.90 Å². The van der Waals surface area contributed by atoms with Crippen molar-refractivity contribution in [3.05, 3.63) is 65.7 Å². The standard InChI is InChI=1S/C20H22N2O3/c1-16(23)18-7-5-6-17(14-18)15-22(19-8-3-2-4-9-19)20(24)21-10-12-25-13-11-21/h2-9,14H,10-13,15H2,1H3. The van der Waals surface area contributed by atoms with Crippen LogP contribution in [0.3, 0.4) is 0 Å². The number of hydrogen-bond acceptors (Lipinski definition) is 3. The van der Waals surface area contributed by atoms with Gasteiger partial charge in [-0.1, -0.05) is 36.4 Å². The van der Waals surface area contributed by atoms with Gasteiger partial charge in [-0.25, -0.2) is 4.79 Å². The Kier molecular flexibility index (Phi) is 5.46. The van der Waals surface area contributed by atoms with Gasteiger partial charge in [0.2, 0.25) is 0 Å². The first-order chi connectivity index (χ1) is 12.1. The molecule has 0 bridgehead atoms. The number of nitrogens with zero attached hydrogens (tertiary/aromatic N) is 2. The second kappa shape index (κ2) is 7.94. The molecule has 2 aromatic rings. The Hall–Kier alpha value is -2.66. The summed E-state index contributed by atoms with van der Waals surface area (Å²) in [7, 11) is 0. The fraction of sp³-hybridized carbons (Fsp3) is 0.300. The summed E-state index contributed by atoms with van der Waals surface area (Å²) in [4.78, 5) is 28.2. The maximum absolute atomic E-state index is 13.1. The minimum absolute atomic E-state index is 0.0209. The lowest BCUT2D eigenvalue weighted by atomic mass is 10.1. The Labute approximate surface area is 147 Å². The van der Waals surface area contributed by atoms with Crippen molar-refractivity contribution in [2.24, 2.45) is 0 Å². The highest BCUT2D eigenvalue weighted by Gasteiger charge is 2.24. The Morgan fingerprint density at radius 2 is 1.76 bits per heavy atom. The Bertz CT molecular complexity index is 740. The molecule has 5 nitrogen and oxygen atoms in total. The smallest absolute Gasteiger partial charge is 0.324 e. The molecule has 1 aliphatic rings. The van der Waals surface area contributed by atoms with Crippen molar-refractivity contribution in [3.63, 3.8) is 0 Å². The Morgan fingerprint density at radius 3 is 2.44 bits per heavy atom. The second-order valence-corrected chi connectivity index (χ2v) is 6.06. The zero-order chi connectivity index (χ0) is 17.6. The molecule has 5 heteroatoms. The molecule has 2 aromatic carbocycles. The first kappa shape index (κ1) is 17.2. The molecule has 0 saturated carbocycles. The molecule has 0 radical (unpaired) electrons. The summed E-state index contributed by atoms with van der Waals surface area (Å²) >= 11 is 0. The molecular formula is C20H22N2O3. The molecule has 1 fully saturated rings. The largest absolute Gasteiger partial charge is 0.378 e. The van der Waals surface area contributed by atoms with Crippen LogP contribution in [0.5, 0.6) is 0 Å². The molecule has 0 spiro atoms. The quantitative estimate of drug-likeness (QED) is 0.803. The highest BCUT2D eigenvalue weighted by atomic mass is 16.5. The first-order valence-electron chi connectivity index (χ1n) is 8.44. The van der Waals surface area contributed by atoms with Crippen LogP contribution in [-0.2, 0) is 11.3 Å². The molecular weight excluding hydrogens is 316 g/mol. The van der Waals surface area contributed by atoms with Gasteiger partial charge in [-0.2, -0.15) is 0 Å². The van der Waals surface area contributed by atoms with Crippen molar-refractivity contribution in [3.8, 4) is 0 Å². The van der Waals surface area contributed by atoms with Crippen molar-refractivity contribution in [1.29, 1.82) is 0 Å². The molecule has 0 aliphatic carbocycles. The number of morpholine rings is 1. The molecule has 1 aliphatic heterocycles. The molecule has 1 heterocycles. The number of Topliss-reactive ketones (excluding diaryl/α,β-unsaturated/α-hetero) is 1. The van der Waals surface area contributed by atoms with E-state index in [1.54, 1.807) is 17.9 Å². The number of rotatable bonds is 4. The van der Waals surface area contributed by atoms with Crippen LogP contribution in [0.2, 0.25) is 0 Å². The second-order valence-electron chi connectivity index (χ2n) is 6.06. The Balaban J connectivity index is 1.87. The number of amides is 2. The number of benzene rings is 2. The lowest BCUT2D eigenvalue weighted by Gasteiger charge is -2.33. The monoisotopic (exact) mass is 338 g/mol. The fourth-order valence-electron chi connectivity index (χ4n) is 2.87. The number of carbonyl (C=O) groups is 2. The summed E-state index contributed by atoms with van der Waals surface area (Å²) in [6, 6.07) is 17.0. The van der Waals surface area contributed by atoms with Crippen molar-refractivity contribution < 1.29 is 14.3 Å². The number of ether oxygens (including phenoxy) is 1. The highest BCUT2D eigenvalue weighted by molar-refractivity contribution is 5.94.